The van der Waals surface area contributed by atoms with E-state index in [-0.39, 0.29) is 17.9 Å². The van der Waals surface area contributed by atoms with E-state index in [1.807, 2.05) is 19.1 Å². The summed E-state index contributed by atoms with van der Waals surface area (Å²) in [5, 5.41) is 3.09. The molecule has 0 aliphatic heterocycles. The normalized spacial score (nSPS) is 14.1. The first kappa shape index (κ1) is 16.7. The summed E-state index contributed by atoms with van der Waals surface area (Å²) in [5.41, 5.74) is 8.27. The first-order valence-corrected chi connectivity index (χ1v) is 7.49. The summed E-state index contributed by atoms with van der Waals surface area (Å²) in [4.78, 5) is 12.2. The Morgan fingerprint density at radius 1 is 1.25 bits per heavy atom. The highest BCUT2D eigenvalue weighted by Gasteiger charge is 2.19. The van der Waals surface area contributed by atoms with Crippen molar-refractivity contribution in [3.8, 4) is 0 Å². The maximum absolute atomic E-state index is 12.2. The highest BCUT2D eigenvalue weighted by Crippen LogP contribution is 2.13. The molecule has 0 aliphatic carbocycles. The SMILES string of the molecule is Cc1ccccc1CC(C)NC(=O)C(CN)CC(C)C. The molecular weight excluding hydrogens is 248 g/mol. The number of carbonyl (C=O) groups is 1. The molecular formula is C17H28N2O. The van der Waals surface area contributed by atoms with Gasteiger partial charge in [0.2, 0.25) is 5.91 Å². The molecule has 1 amide bonds. The molecule has 3 nitrogen and oxygen atoms in total. The van der Waals surface area contributed by atoms with E-state index >= 15 is 0 Å². The van der Waals surface area contributed by atoms with Gasteiger partial charge in [0.05, 0.1) is 5.92 Å². The van der Waals surface area contributed by atoms with Crippen LogP contribution in [-0.4, -0.2) is 18.5 Å². The van der Waals surface area contributed by atoms with E-state index in [2.05, 4.69) is 38.2 Å². The van der Waals surface area contributed by atoms with Crippen LogP contribution >= 0.6 is 0 Å². The maximum Gasteiger partial charge on any atom is 0.224 e. The zero-order chi connectivity index (χ0) is 15.1. The van der Waals surface area contributed by atoms with E-state index in [9.17, 15) is 4.79 Å². The van der Waals surface area contributed by atoms with Crippen LogP contribution in [0, 0.1) is 18.8 Å². The number of nitrogens with two attached hydrogens (primary N) is 1. The van der Waals surface area contributed by atoms with Crippen molar-refractivity contribution in [1.29, 1.82) is 0 Å². The molecule has 0 aliphatic rings. The molecule has 0 saturated heterocycles. The first-order valence-electron chi connectivity index (χ1n) is 7.49. The molecule has 2 unspecified atom stereocenters. The molecule has 0 aromatic heterocycles. The monoisotopic (exact) mass is 276 g/mol. The average Bonchev–Trinajstić information content (AvgIpc) is 2.38. The van der Waals surface area contributed by atoms with Crippen LogP contribution in [0.2, 0.25) is 0 Å². The minimum absolute atomic E-state index is 0.0747. The zero-order valence-electron chi connectivity index (χ0n) is 13.1. The van der Waals surface area contributed by atoms with Crippen molar-refractivity contribution >= 4 is 5.91 Å². The highest BCUT2D eigenvalue weighted by atomic mass is 16.1. The Balaban J connectivity index is 2.55. The van der Waals surface area contributed by atoms with Gasteiger partial charge in [-0.2, -0.15) is 0 Å². The zero-order valence-corrected chi connectivity index (χ0v) is 13.1. The third-order valence-electron chi connectivity index (χ3n) is 3.59. The van der Waals surface area contributed by atoms with Gasteiger partial charge in [-0.25, -0.2) is 0 Å². The third kappa shape index (κ3) is 5.33. The molecule has 0 radical (unpaired) electrons. The van der Waals surface area contributed by atoms with Gasteiger partial charge in [-0.15, -0.1) is 0 Å². The van der Waals surface area contributed by atoms with Crippen molar-refractivity contribution in [2.75, 3.05) is 6.54 Å². The summed E-state index contributed by atoms with van der Waals surface area (Å²) < 4.78 is 0. The Bertz CT molecular complexity index is 429. The highest BCUT2D eigenvalue weighted by molar-refractivity contribution is 5.79. The fraction of sp³-hybridized carbons (Fsp3) is 0.588. The maximum atomic E-state index is 12.2. The van der Waals surface area contributed by atoms with Gasteiger partial charge >= 0.3 is 0 Å². The van der Waals surface area contributed by atoms with Crippen molar-refractivity contribution in [3.05, 3.63) is 35.4 Å². The van der Waals surface area contributed by atoms with Crippen molar-refractivity contribution in [1.82, 2.24) is 5.32 Å². The van der Waals surface area contributed by atoms with Gasteiger partial charge in [-0.05, 0) is 43.7 Å². The van der Waals surface area contributed by atoms with Crippen LogP contribution in [0.1, 0.15) is 38.3 Å². The quantitative estimate of drug-likeness (QED) is 0.804. The summed E-state index contributed by atoms with van der Waals surface area (Å²) in [6.07, 6.45) is 1.71. The molecule has 0 bridgehead atoms. The Kier molecular flexibility index (Phi) is 6.73. The summed E-state index contributed by atoms with van der Waals surface area (Å²) in [6, 6.07) is 8.43. The van der Waals surface area contributed by atoms with Crippen LogP contribution in [-0.2, 0) is 11.2 Å². The van der Waals surface area contributed by atoms with E-state index in [1.165, 1.54) is 11.1 Å². The standard InChI is InChI=1S/C17H28N2O/c1-12(2)9-16(11-18)17(20)19-14(4)10-15-8-6-5-7-13(15)3/h5-8,12,14,16H,9-11,18H2,1-4H3,(H,19,20). The lowest BCUT2D eigenvalue weighted by Gasteiger charge is -2.21. The topological polar surface area (TPSA) is 55.1 Å². The lowest BCUT2D eigenvalue weighted by Crippen LogP contribution is -2.41. The predicted octanol–water partition coefficient (Wildman–Crippen LogP) is 2.66. The van der Waals surface area contributed by atoms with Crippen LogP contribution < -0.4 is 11.1 Å². The molecule has 0 saturated carbocycles. The molecule has 3 heteroatoms. The van der Waals surface area contributed by atoms with Crippen molar-refractivity contribution in [3.63, 3.8) is 0 Å². The summed E-state index contributed by atoms with van der Waals surface area (Å²) in [5.74, 6) is 0.498. The third-order valence-corrected chi connectivity index (χ3v) is 3.59. The molecule has 1 rings (SSSR count). The molecule has 1 aromatic rings. The van der Waals surface area contributed by atoms with Crippen LogP contribution in [0.5, 0.6) is 0 Å². The first-order chi connectivity index (χ1) is 9.43. The van der Waals surface area contributed by atoms with Gasteiger partial charge in [0.15, 0.2) is 0 Å². The molecule has 3 N–H and O–H groups in total. The lowest BCUT2D eigenvalue weighted by molar-refractivity contribution is -0.125. The second-order valence-corrected chi connectivity index (χ2v) is 6.10. The van der Waals surface area contributed by atoms with E-state index in [1.54, 1.807) is 0 Å². The molecule has 20 heavy (non-hydrogen) atoms. The van der Waals surface area contributed by atoms with Crippen LogP contribution in [0.25, 0.3) is 0 Å². The number of amides is 1. The summed E-state index contributed by atoms with van der Waals surface area (Å²) in [6.45, 7) is 8.80. The summed E-state index contributed by atoms with van der Waals surface area (Å²) in [7, 11) is 0. The minimum atomic E-state index is -0.0747. The predicted molar refractivity (Wildman–Crippen MR) is 84.5 cm³/mol. The smallest absolute Gasteiger partial charge is 0.224 e. The molecule has 1 aromatic carbocycles. The number of hydrogen-bond donors (Lipinski definition) is 2. The molecule has 112 valence electrons. The van der Waals surface area contributed by atoms with Crippen molar-refractivity contribution in [2.45, 2.75) is 46.6 Å². The lowest BCUT2D eigenvalue weighted by atomic mass is 9.95. The second-order valence-electron chi connectivity index (χ2n) is 6.10. The van der Waals surface area contributed by atoms with E-state index < -0.39 is 0 Å². The fourth-order valence-corrected chi connectivity index (χ4v) is 2.46. The van der Waals surface area contributed by atoms with Crippen LogP contribution in [0.4, 0.5) is 0 Å². The van der Waals surface area contributed by atoms with Gasteiger partial charge in [0, 0.05) is 12.6 Å². The number of hydrogen-bond acceptors (Lipinski definition) is 2. The van der Waals surface area contributed by atoms with Crippen LogP contribution in [0.3, 0.4) is 0 Å². The number of nitrogens with one attached hydrogen (secondary N) is 1. The second kappa shape index (κ2) is 8.05. The van der Waals surface area contributed by atoms with Gasteiger partial charge < -0.3 is 11.1 Å². The van der Waals surface area contributed by atoms with E-state index in [0.717, 1.165) is 12.8 Å². The molecule has 0 heterocycles. The van der Waals surface area contributed by atoms with Crippen molar-refractivity contribution < 1.29 is 4.79 Å². The molecule has 0 fully saturated rings. The van der Waals surface area contributed by atoms with Gasteiger partial charge in [0.1, 0.15) is 0 Å². The van der Waals surface area contributed by atoms with Gasteiger partial charge in [-0.1, -0.05) is 38.1 Å². The van der Waals surface area contributed by atoms with Gasteiger partial charge in [-0.3, -0.25) is 4.79 Å². The Labute approximate surface area is 122 Å². The number of carbonyl (C=O) groups excluding carboxylic acids is 1. The van der Waals surface area contributed by atoms with E-state index in [0.29, 0.717) is 12.5 Å². The largest absolute Gasteiger partial charge is 0.353 e. The Morgan fingerprint density at radius 2 is 1.90 bits per heavy atom. The Morgan fingerprint density at radius 3 is 2.45 bits per heavy atom. The molecule has 0 spiro atoms. The number of rotatable bonds is 7. The number of aryl methyl sites for hydroxylation is 1. The Hall–Kier alpha value is -1.35. The average molecular weight is 276 g/mol. The fourth-order valence-electron chi connectivity index (χ4n) is 2.46. The van der Waals surface area contributed by atoms with Gasteiger partial charge in [0.25, 0.3) is 0 Å². The minimum Gasteiger partial charge on any atom is -0.353 e. The van der Waals surface area contributed by atoms with Crippen molar-refractivity contribution in [2.24, 2.45) is 17.6 Å². The summed E-state index contributed by atoms with van der Waals surface area (Å²) >= 11 is 0. The molecule has 2 atom stereocenters. The van der Waals surface area contributed by atoms with E-state index in [4.69, 9.17) is 5.73 Å². The number of benzene rings is 1. The van der Waals surface area contributed by atoms with Crippen LogP contribution in [0.15, 0.2) is 24.3 Å².